The van der Waals surface area contributed by atoms with Gasteiger partial charge in [-0.3, -0.25) is 19.9 Å². The zero-order valence-electron chi connectivity index (χ0n) is 15.9. The van der Waals surface area contributed by atoms with E-state index in [2.05, 4.69) is 16.8 Å². The average Bonchev–Trinajstić information content (AvgIpc) is 2.93. The molecule has 1 saturated heterocycles. The summed E-state index contributed by atoms with van der Waals surface area (Å²) in [6, 6.07) is 10.4. The molecule has 0 bridgehead atoms. The molecule has 1 aliphatic rings. The molecule has 1 aromatic carbocycles. The molecule has 1 heterocycles. The van der Waals surface area contributed by atoms with Crippen LogP contribution in [0.15, 0.2) is 30.3 Å². The van der Waals surface area contributed by atoms with Crippen LogP contribution in [0.5, 0.6) is 0 Å². The van der Waals surface area contributed by atoms with Crippen molar-refractivity contribution >= 4 is 17.8 Å². The normalized spacial score (nSPS) is 20.3. The van der Waals surface area contributed by atoms with Gasteiger partial charge < -0.3 is 5.32 Å². The molecule has 2 unspecified atom stereocenters. The Morgan fingerprint density at radius 3 is 2.56 bits per heavy atom. The Bertz CT molecular complexity index is 745. The van der Waals surface area contributed by atoms with Crippen molar-refractivity contribution < 1.29 is 14.4 Å². The fourth-order valence-corrected chi connectivity index (χ4v) is 3.14. The van der Waals surface area contributed by atoms with E-state index < -0.39 is 23.4 Å². The van der Waals surface area contributed by atoms with Crippen LogP contribution in [-0.2, 0) is 15.1 Å². The fourth-order valence-electron chi connectivity index (χ4n) is 3.14. The first-order chi connectivity index (χ1) is 12.9. The largest absolute Gasteiger partial charge is 0.344 e. The topological polar surface area (TPSA) is 106 Å². The van der Waals surface area contributed by atoms with E-state index >= 15 is 0 Å². The monoisotopic (exact) mass is 371 g/mol. The summed E-state index contributed by atoms with van der Waals surface area (Å²) in [5, 5.41) is 12.4. The molecule has 0 radical (unpaired) electrons. The third-order valence-corrected chi connectivity index (χ3v) is 4.69. The lowest BCUT2D eigenvalue weighted by Gasteiger charge is -2.26. The van der Waals surface area contributed by atoms with Gasteiger partial charge in [0.2, 0.25) is 0 Å². The van der Waals surface area contributed by atoms with Gasteiger partial charge in [0.05, 0.1) is 18.5 Å². The van der Waals surface area contributed by atoms with E-state index in [-0.39, 0.29) is 12.5 Å². The van der Waals surface area contributed by atoms with E-state index in [1.54, 1.807) is 43.0 Å². The number of carbonyl (C=O) groups excluding carboxylic acids is 3. The molecule has 1 aliphatic heterocycles. The van der Waals surface area contributed by atoms with E-state index in [4.69, 9.17) is 5.26 Å². The van der Waals surface area contributed by atoms with E-state index in [0.717, 1.165) is 5.01 Å². The lowest BCUT2D eigenvalue weighted by molar-refractivity contribution is -0.139. The van der Waals surface area contributed by atoms with Crippen LogP contribution in [-0.4, -0.2) is 47.4 Å². The molecule has 144 valence electrons. The first-order valence-corrected chi connectivity index (χ1v) is 9.01. The second-order valence-corrected chi connectivity index (χ2v) is 6.59. The maximum Gasteiger partial charge on any atom is 0.344 e. The van der Waals surface area contributed by atoms with E-state index in [1.165, 1.54) is 0 Å². The summed E-state index contributed by atoms with van der Waals surface area (Å²) in [6.45, 7) is 6.45. The molecule has 8 heteroatoms. The van der Waals surface area contributed by atoms with Crippen molar-refractivity contribution in [3.63, 3.8) is 0 Å². The van der Waals surface area contributed by atoms with Gasteiger partial charge in [0.25, 0.3) is 11.8 Å². The van der Waals surface area contributed by atoms with Gasteiger partial charge in [0, 0.05) is 6.54 Å². The zero-order chi connectivity index (χ0) is 20.0. The van der Waals surface area contributed by atoms with E-state index in [9.17, 15) is 14.4 Å². The first-order valence-electron chi connectivity index (χ1n) is 9.01. The van der Waals surface area contributed by atoms with Crippen molar-refractivity contribution in [1.82, 2.24) is 20.7 Å². The molecule has 4 amide bonds. The minimum absolute atomic E-state index is 0.00988. The number of hydrazine groups is 1. The maximum absolute atomic E-state index is 13.0. The number of carbonyl (C=O) groups is 3. The first kappa shape index (κ1) is 20.4. The van der Waals surface area contributed by atoms with Gasteiger partial charge in [-0.25, -0.2) is 4.79 Å². The number of nitriles is 1. The molecule has 0 saturated carbocycles. The summed E-state index contributed by atoms with van der Waals surface area (Å²) in [6.07, 6.45) is 0.356. The van der Waals surface area contributed by atoms with Crippen LogP contribution in [0, 0.1) is 17.2 Å². The number of hydrogen-bond acceptors (Lipinski definition) is 5. The van der Waals surface area contributed by atoms with Crippen molar-refractivity contribution in [3.05, 3.63) is 35.9 Å². The van der Waals surface area contributed by atoms with Gasteiger partial charge in [0.15, 0.2) is 0 Å². The highest BCUT2D eigenvalue weighted by molar-refractivity contribution is 6.08. The number of urea groups is 1. The molecule has 2 atom stereocenters. The quantitative estimate of drug-likeness (QED) is 0.671. The van der Waals surface area contributed by atoms with Crippen LogP contribution in [0.4, 0.5) is 4.79 Å². The summed E-state index contributed by atoms with van der Waals surface area (Å²) in [7, 11) is 0. The number of nitrogens with one attached hydrogen (secondary N) is 2. The molecule has 0 aliphatic carbocycles. The van der Waals surface area contributed by atoms with Crippen molar-refractivity contribution in [2.24, 2.45) is 5.92 Å². The van der Waals surface area contributed by atoms with E-state index in [1.807, 2.05) is 13.0 Å². The molecular formula is C19H25N5O3. The fraction of sp³-hybridized carbons (Fsp3) is 0.474. The molecule has 0 spiro atoms. The van der Waals surface area contributed by atoms with Crippen molar-refractivity contribution in [2.45, 2.75) is 32.7 Å². The predicted molar refractivity (Wildman–Crippen MR) is 98.8 cm³/mol. The van der Waals surface area contributed by atoms with Gasteiger partial charge in [0.1, 0.15) is 5.54 Å². The zero-order valence-corrected chi connectivity index (χ0v) is 15.9. The third kappa shape index (κ3) is 4.26. The number of likely N-dealkylation sites (N-methyl/N-ethyl adjacent to an activating group) is 1. The maximum atomic E-state index is 13.0. The Morgan fingerprint density at radius 2 is 2.00 bits per heavy atom. The lowest BCUT2D eigenvalue weighted by Crippen LogP contribution is -2.51. The van der Waals surface area contributed by atoms with Crippen LogP contribution in [0.2, 0.25) is 0 Å². The van der Waals surface area contributed by atoms with Crippen molar-refractivity contribution in [3.8, 4) is 6.07 Å². The molecule has 2 rings (SSSR count). The standard InChI is InChI=1S/C19H25N5O3/c1-4-19(15-9-7-6-8-10-15)17(26)24(18(27)21-19)22-16(25)13-23(5-2)12-14(3)11-20/h6-10,14H,4-5,12-13H2,1-3H3,(H,21,27)(H,22,25). The molecule has 1 aromatic rings. The minimum atomic E-state index is -1.19. The Balaban J connectivity index is 2.11. The predicted octanol–water partition coefficient (Wildman–Crippen LogP) is 1.36. The Labute approximate surface area is 159 Å². The molecule has 8 nitrogen and oxygen atoms in total. The second-order valence-electron chi connectivity index (χ2n) is 6.59. The van der Waals surface area contributed by atoms with Crippen LogP contribution in [0.25, 0.3) is 0 Å². The molecule has 0 aromatic heterocycles. The molecule has 1 fully saturated rings. The average molecular weight is 371 g/mol. The Morgan fingerprint density at radius 1 is 1.33 bits per heavy atom. The number of amides is 4. The highest BCUT2D eigenvalue weighted by Gasteiger charge is 2.52. The SMILES string of the molecule is CCN(CC(=O)NN1C(=O)NC(CC)(c2ccccc2)C1=O)CC(C)C#N. The number of benzene rings is 1. The summed E-state index contributed by atoms with van der Waals surface area (Å²) in [5.41, 5.74) is 1.88. The van der Waals surface area contributed by atoms with Crippen LogP contribution in [0.3, 0.4) is 0 Å². The smallest absolute Gasteiger partial charge is 0.318 e. The van der Waals surface area contributed by atoms with Gasteiger partial charge in [-0.05, 0) is 25.5 Å². The van der Waals surface area contributed by atoms with Gasteiger partial charge in [-0.2, -0.15) is 10.3 Å². The molecule has 2 N–H and O–H groups in total. The Kier molecular flexibility index (Phi) is 6.53. The number of rotatable bonds is 8. The van der Waals surface area contributed by atoms with Crippen molar-refractivity contribution in [1.29, 1.82) is 5.26 Å². The van der Waals surface area contributed by atoms with Gasteiger partial charge in [-0.1, -0.05) is 44.2 Å². The van der Waals surface area contributed by atoms with Crippen LogP contribution < -0.4 is 10.7 Å². The number of hydrogen-bond donors (Lipinski definition) is 2. The summed E-state index contributed by atoms with van der Waals surface area (Å²) < 4.78 is 0. The van der Waals surface area contributed by atoms with Gasteiger partial charge in [-0.15, -0.1) is 0 Å². The lowest BCUT2D eigenvalue weighted by atomic mass is 9.87. The van der Waals surface area contributed by atoms with Crippen molar-refractivity contribution in [2.75, 3.05) is 19.6 Å². The summed E-state index contributed by atoms with van der Waals surface area (Å²) in [5.74, 6) is -1.21. The molecule has 27 heavy (non-hydrogen) atoms. The number of nitrogens with zero attached hydrogens (tertiary/aromatic N) is 3. The third-order valence-electron chi connectivity index (χ3n) is 4.69. The molecular weight excluding hydrogens is 346 g/mol. The van der Waals surface area contributed by atoms with Crippen LogP contribution >= 0.6 is 0 Å². The Hall–Kier alpha value is -2.92. The minimum Gasteiger partial charge on any atom is -0.318 e. The van der Waals surface area contributed by atoms with Crippen LogP contribution in [0.1, 0.15) is 32.8 Å². The highest BCUT2D eigenvalue weighted by Crippen LogP contribution is 2.31. The summed E-state index contributed by atoms with van der Waals surface area (Å²) >= 11 is 0. The summed E-state index contributed by atoms with van der Waals surface area (Å²) in [4.78, 5) is 39.5. The van der Waals surface area contributed by atoms with E-state index in [0.29, 0.717) is 25.1 Å². The highest BCUT2D eigenvalue weighted by atomic mass is 16.2. The van der Waals surface area contributed by atoms with Gasteiger partial charge >= 0.3 is 6.03 Å². The second kappa shape index (κ2) is 8.64. The number of imide groups is 1.